The number of ether oxygens (including phenoxy) is 2. The number of rotatable bonds is 8. The van der Waals surface area contributed by atoms with E-state index in [0.29, 0.717) is 18.7 Å². The SMILES string of the molecule is Cc1ccccc1CCNC(=O)COC(=O)C(C)(C)Oc1ccc(F)cc1. The van der Waals surface area contributed by atoms with Crippen molar-refractivity contribution >= 4 is 11.9 Å². The highest BCUT2D eigenvalue weighted by Gasteiger charge is 2.32. The monoisotopic (exact) mass is 373 g/mol. The summed E-state index contributed by atoms with van der Waals surface area (Å²) in [7, 11) is 0. The minimum atomic E-state index is -1.31. The van der Waals surface area contributed by atoms with Gasteiger partial charge in [0.2, 0.25) is 0 Å². The Kier molecular flexibility index (Phi) is 6.93. The van der Waals surface area contributed by atoms with E-state index < -0.39 is 17.4 Å². The molecule has 2 aromatic carbocycles. The highest BCUT2D eigenvalue weighted by molar-refractivity contribution is 5.83. The van der Waals surface area contributed by atoms with Crippen LogP contribution in [-0.4, -0.2) is 30.6 Å². The van der Waals surface area contributed by atoms with Crippen molar-refractivity contribution in [3.05, 3.63) is 65.5 Å². The normalized spacial score (nSPS) is 11.0. The van der Waals surface area contributed by atoms with Gasteiger partial charge in [-0.2, -0.15) is 0 Å². The fourth-order valence-corrected chi connectivity index (χ4v) is 2.42. The van der Waals surface area contributed by atoms with E-state index in [4.69, 9.17) is 9.47 Å². The molecule has 0 saturated carbocycles. The van der Waals surface area contributed by atoms with E-state index in [-0.39, 0.29) is 12.5 Å². The zero-order valence-electron chi connectivity index (χ0n) is 15.8. The van der Waals surface area contributed by atoms with Gasteiger partial charge < -0.3 is 14.8 Å². The lowest BCUT2D eigenvalue weighted by molar-refractivity contribution is -0.162. The van der Waals surface area contributed by atoms with Gasteiger partial charge in [0.1, 0.15) is 11.6 Å². The summed E-state index contributed by atoms with van der Waals surface area (Å²) in [5.74, 6) is -1.12. The fourth-order valence-electron chi connectivity index (χ4n) is 2.42. The largest absolute Gasteiger partial charge is 0.476 e. The number of benzene rings is 2. The van der Waals surface area contributed by atoms with Crippen LogP contribution in [0.1, 0.15) is 25.0 Å². The summed E-state index contributed by atoms with van der Waals surface area (Å²) in [6.07, 6.45) is 0.700. The Morgan fingerprint density at radius 3 is 2.41 bits per heavy atom. The molecule has 0 unspecified atom stereocenters. The number of nitrogens with one attached hydrogen (secondary N) is 1. The second-order valence-corrected chi connectivity index (χ2v) is 6.67. The van der Waals surface area contributed by atoms with E-state index in [0.717, 1.165) is 11.1 Å². The minimum absolute atomic E-state index is 0.334. The van der Waals surface area contributed by atoms with Crippen LogP contribution in [0.5, 0.6) is 5.75 Å². The van der Waals surface area contributed by atoms with E-state index in [1.165, 1.54) is 38.1 Å². The minimum Gasteiger partial charge on any atom is -0.476 e. The average molecular weight is 373 g/mol. The lowest BCUT2D eigenvalue weighted by Gasteiger charge is -2.24. The zero-order valence-corrected chi connectivity index (χ0v) is 15.8. The summed E-state index contributed by atoms with van der Waals surface area (Å²) in [5, 5.41) is 2.72. The summed E-state index contributed by atoms with van der Waals surface area (Å²) in [5.41, 5.74) is 1.01. The number of amides is 1. The standard InChI is InChI=1S/C21H24FNO4/c1-15-6-4-5-7-16(15)12-13-23-19(24)14-26-20(25)21(2,3)27-18-10-8-17(22)9-11-18/h4-11H,12-14H2,1-3H3,(H,23,24). The highest BCUT2D eigenvalue weighted by atomic mass is 19.1. The van der Waals surface area contributed by atoms with E-state index in [1.54, 1.807) is 0 Å². The molecular weight excluding hydrogens is 349 g/mol. The first-order chi connectivity index (χ1) is 12.8. The third kappa shape index (κ3) is 6.40. The molecule has 1 N–H and O–H groups in total. The molecule has 0 aliphatic heterocycles. The molecule has 2 aromatic rings. The van der Waals surface area contributed by atoms with E-state index in [2.05, 4.69) is 5.32 Å². The molecule has 0 aliphatic carbocycles. The highest BCUT2D eigenvalue weighted by Crippen LogP contribution is 2.19. The molecule has 144 valence electrons. The van der Waals surface area contributed by atoms with Gasteiger partial charge in [-0.15, -0.1) is 0 Å². The second-order valence-electron chi connectivity index (χ2n) is 6.67. The van der Waals surface area contributed by atoms with Gasteiger partial charge in [-0.1, -0.05) is 24.3 Å². The number of esters is 1. The van der Waals surface area contributed by atoms with Crippen molar-refractivity contribution in [1.29, 1.82) is 0 Å². The summed E-state index contributed by atoms with van der Waals surface area (Å²) >= 11 is 0. The van der Waals surface area contributed by atoms with Gasteiger partial charge in [-0.05, 0) is 62.6 Å². The topological polar surface area (TPSA) is 64.6 Å². The molecule has 27 heavy (non-hydrogen) atoms. The van der Waals surface area contributed by atoms with Crippen molar-refractivity contribution in [3.8, 4) is 5.75 Å². The van der Waals surface area contributed by atoms with Crippen LogP contribution in [0.25, 0.3) is 0 Å². The van der Waals surface area contributed by atoms with Crippen LogP contribution in [0, 0.1) is 12.7 Å². The van der Waals surface area contributed by atoms with Gasteiger partial charge in [-0.3, -0.25) is 4.79 Å². The molecule has 0 heterocycles. The maximum Gasteiger partial charge on any atom is 0.350 e. The predicted molar refractivity (Wildman–Crippen MR) is 100.0 cm³/mol. The number of hydrogen-bond acceptors (Lipinski definition) is 4. The molecule has 0 saturated heterocycles. The molecule has 2 rings (SSSR count). The first-order valence-electron chi connectivity index (χ1n) is 8.71. The average Bonchev–Trinajstić information content (AvgIpc) is 2.63. The molecule has 0 fully saturated rings. The summed E-state index contributed by atoms with van der Waals surface area (Å²) < 4.78 is 23.5. The van der Waals surface area contributed by atoms with Crippen LogP contribution < -0.4 is 10.1 Å². The Morgan fingerprint density at radius 2 is 1.74 bits per heavy atom. The van der Waals surface area contributed by atoms with Gasteiger partial charge in [0, 0.05) is 6.54 Å². The van der Waals surface area contributed by atoms with Crippen LogP contribution in [-0.2, 0) is 20.7 Å². The van der Waals surface area contributed by atoms with Crippen molar-refractivity contribution in [2.75, 3.05) is 13.2 Å². The van der Waals surface area contributed by atoms with Gasteiger partial charge in [0.25, 0.3) is 5.91 Å². The molecule has 0 aromatic heterocycles. The zero-order chi connectivity index (χ0) is 19.9. The van der Waals surface area contributed by atoms with Crippen LogP contribution >= 0.6 is 0 Å². The molecule has 0 bridgehead atoms. The Bertz CT molecular complexity index is 787. The maximum absolute atomic E-state index is 12.9. The Labute approximate surface area is 158 Å². The molecular formula is C21H24FNO4. The Balaban J connectivity index is 1.75. The summed E-state index contributed by atoms with van der Waals surface area (Å²) in [6, 6.07) is 13.3. The molecule has 0 spiro atoms. The van der Waals surface area contributed by atoms with Crippen LogP contribution in [0.4, 0.5) is 4.39 Å². The number of carbonyl (C=O) groups excluding carboxylic acids is 2. The third-order valence-electron chi connectivity index (χ3n) is 3.99. The molecule has 0 aliphatic rings. The van der Waals surface area contributed by atoms with Gasteiger partial charge in [0.05, 0.1) is 0 Å². The fraction of sp³-hybridized carbons (Fsp3) is 0.333. The van der Waals surface area contributed by atoms with Gasteiger partial charge in [0.15, 0.2) is 12.2 Å². The first kappa shape index (κ1) is 20.4. The second kappa shape index (κ2) is 9.16. The molecule has 5 nitrogen and oxygen atoms in total. The van der Waals surface area contributed by atoms with Crippen LogP contribution in [0.15, 0.2) is 48.5 Å². The van der Waals surface area contributed by atoms with Crippen molar-refractivity contribution in [3.63, 3.8) is 0 Å². The Morgan fingerprint density at radius 1 is 1.07 bits per heavy atom. The molecule has 0 radical (unpaired) electrons. The number of carbonyl (C=O) groups is 2. The van der Waals surface area contributed by atoms with E-state index in [9.17, 15) is 14.0 Å². The number of hydrogen-bond donors (Lipinski definition) is 1. The van der Waals surface area contributed by atoms with Crippen molar-refractivity contribution in [2.45, 2.75) is 32.8 Å². The van der Waals surface area contributed by atoms with E-state index >= 15 is 0 Å². The molecule has 6 heteroatoms. The molecule has 0 atom stereocenters. The molecule has 1 amide bonds. The lowest BCUT2D eigenvalue weighted by atomic mass is 10.1. The van der Waals surface area contributed by atoms with Crippen molar-refractivity contribution in [2.24, 2.45) is 0 Å². The van der Waals surface area contributed by atoms with Gasteiger partial charge in [-0.25, -0.2) is 9.18 Å². The maximum atomic E-state index is 12.9. The quantitative estimate of drug-likeness (QED) is 0.722. The Hall–Kier alpha value is -2.89. The summed E-state index contributed by atoms with van der Waals surface area (Å²) in [6.45, 7) is 5.13. The third-order valence-corrected chi connectivity index (χ3v) is 3.99. The van der Waals surface area contributed by atoms with Crippen molar-refractivity contribution in [1.82, 2.24) is 5.32 Å². The summed E-state index contributed by atoms with van der Waals surface area (Å²) in [4.78, 5) is 24.1. The van der Waals surface area contributed by atoms with Crippen LogP contribution in [0.2, 0.25) is 0 Å². The van der Waals surface area contributed by atoms with Crippen LogP contribution in [0.3, 0.4) is 0 Å². The van der Waals surface area contributed by atoms with E-state index in [1.807, 2.05) is 31.2 Å². The number of aryl methyl sites for hydroxylation is 1. The number of halogens is 1. The predicted octanol–water partition coefficient (Wildman–Crippen LogP) is 3.19. The first-order valence-corrected chi connectivity index (χ1v) is 8.71. The smallest absolute Gasteiger partial charge is 0.350 e. The van der Waals surface area contributed by atoms with Gasteiger partial charge >= 0.3 is 5.97 Å². The van der Waals surface area contributed by atoms with Crippen molar-refractivity contribution < 1.29 is 23.5 Å². The lowest BCUT2D eigenvalue weighted by Crippen LogP contribution is -2.41.